The van der Waals surface area contributed by atoms with E-state index >= 15 is 0 Å². The summed E-state index contributed by atoms with van der Waals surface area (Å²) in [6, 6.07) is 34.5. The van der Waals surface area contributed by atoms with Crippen molar-refractivity contribution in [3.8, 4) is 0 Å². The van der Waals surface area contributed by atoms with E-state index in [-0.39, 0.29) is 43.8 Å². The van der Waals surface area contributed by atoms with E-state index in [0.29, 0.717) is 15.6 Å². The average Bonchev–Trinajstić information content (AvgIpc) is 3.38. The summed E-state index contributed by atoms with van der Waals surface area (Å²) in [5, 5.41) is 31.9. The number of non-ortho nitro benzene ring substituents is 1. The van der Waals surface area contributed by atoms with Crippen molar-refractivity contribution in [1.82, 2.24) is 0 Å². The molecule has 0 saturated carbocycles. The van der Waals surface area contributed by atoms with Crippen molar-refractivity contribution < 1.29 is 33.8 Å². The van der Waals surface area contributed by atoms with Gasteiger partial charge in [0.05, 0.1) is 0 Å². The van der Waals surface area contributed by atoms with Crippen LogP contribution < -0.4 is 17.9 Å². The van der Waals surface area contributed by atoms with Gasteiger partial charge in [0.2, 0.25) is 0 Å². The number of ether oxygens (including phenoxy) is 2. The number of rotatable bonds is 19. The minimum absolute atomic E-state index is 0.175. The first-order valence-corrected chi connectivity index (χ1v) is 75.2. The summed E-state index contributed by atoms with van der Waals surface area (Å²) in [6.45, 7) is 8.68. The van der Waals surface area contributed by atoms with E-state index in [9.17, 15) is 39.9 Å². The molecular formula is C59H90BrN3O10Sn5. The third-order valence-corrected chi connectivity index (χ3v) is 53.0. The summed E-state index contributed by atoms with van der Waals surface area (Å²) in [7, 11) is 2.86. The maximum absolute atomic E-state index is 11.7. The van der Waals surface area contributed by atoms with E-state index < -0.39 is 91.9 Å². The molecule has 0 aliphatic rings. The van der Waals surface area contributed by atoms with Crippen LogP contribution in [0.25, 0.3) is 0 Å². The number of halogens is 1. The van der Waals surface area contributed by atoms with Crippen molar-refractivity contribution in [2.75, 3.05) is 14.2 Å². The molecule has 0 aliphatic heterocycles. The Morgan fingerprint density at radius 2 is 0.833 bits per heavy atom. The molecule has 0 amide bonds. The Kier molecular flexibility index (Phi) is 33.1. The number of methoxy groups -OCH3 is 2. The molecule has 5 rings (SSSR count). The molecule has 0 radical (unpaired) electrons. The number of nitro groups is 3. The van der Waals surface area contributed by atoms with Gasteiger partial charge in [-0.1, -0.05) is 0 Å². The van der Waals surface area contributed by atoms with Crippen LogP contribution in [0.5, 0.6) is 0 Å². The minimum atomic E-state index is -2.34. The van der Waals surface area contributed by atoms with E-state index in [1.165, 1.54) is 80.4 Å². The van der Waals surface area contributed by atoms with Crippen LogP contribution >= 0.6 is 15.9 Å². The Hall–Kier alpha value is -2.29. The quantitative estimate of drug-likeness (QED) is 0.0334. The Labute approximate surface area is 496 Å². The van der Waals surface area contributed by atoms with Crippen LogP contribution in [-0.4, -0.2) is 133 Å². The van der Waals surface area contributed by atoms with Crippen molar-refractivity contribution in [1.29, 1.82) is 0 Å². The first kappa shape index (κ1) is 73.7. The summed E-state index contributed by atoms with van der Waals surface area (Å²) in [5.74, 6) is -0.476. The predicted octanol–water partition coefficient (Wildman–Crippen LogP) is 15.0. The number of hydrogen-bond acceptors (Lipinski definition) is 10. The van der Waals surface area contributed by atoms with Gasteiger partial charge in [0.25, 0.3) is 0 Å². The molecule has 5 aromatic carbocycles. The monoisotopic (exact) mass is 1680 g/mol. The first-order valence-electron chi connectivity index (χ1n) is 27.0. The number of carbonyl (C=O) groups excluding carboxylic acids is 2. The van der Waals surface area contributed by atoms with E-state index in [1.807, 2.05) is 48.5 Å². The molecule has 0 bridgehead atoms. The summed E-state index contributed by atoms with van der Waals surface area (Å²) in [5.41, 5.74) is 2.73. The molecule has 0 aromatic heterocycles. The molecule has 0 atom stereocenters. The molecule has 0 unspecified atom stereocenters. The van der Waals surface area contributed by atoms with Gasteiger partial charge in [-0.05, 0) is 0 Å². The number of aryl methyl sites for hydroxylation is 1. The van der Waals surface area contributed by atoms with Crippen LogP contribution in [0.2, 0.25) is 72.6 Å². The van der Waals surface area contributed by atoms with Gasteiger partial charge in [0.15, 0.2) is 0 Å². The SMILES string of the molecule is CCC[CH2][Sn]([CH2]CCC)([CH2]CCC)[c]1ccc(C(=O)OC)cc1.COC(=O)c1ccc[c]([Sn]([CH3])([CH3])[CH3])c1.Cc1cc[c]([Sn]([CH3])([CH3])[CH3])cc1[N+](=O)[O-].[CH3][Sn]([CH3])([CH3])[c]1ccc(Br)c([N+](=O)[O-])c1.[CH3][Sn]([CH3])([CH3])[c]1cccc([N+](=O)[O-])c1. The zero-order valence-corrected chi connectivity index (χ0v) is 65.9. The maximum atomic E-state index is 11.7. The molecule has 0 fully saturated rings. The Morgan fingerprint density at radius 1 is 0.462 bits per heavy atom. The normalized spacial score (nSPS) is 11.4. The molecular weight excluding hydrogens is 1580 g/mol. The molecule has 13 nitrogen and oxygen atoms in total. The third-order valence-electron chi connectivity index (χ3n) is 13.3. The number of esters is 2. The number of unbranched alkanes of at least 4 members (excludes halogenated alkanes) is 3. The second kappa shape index (κ2) is 35.0. The van der Waals surface area contributed by atoms with Gasteiger partial charge in [-0.3, -0.25) is 0 Å². The van der Waals surface area contributed by atoms with Gasteiger partial charge >= 0.3 is 502 Å². The molecule has 428 valence electrons. The summed E-state index contributed by atoms with van der Waals surface area (Å²) in [4.78, 5) is 81.1. The third kappa shape index (κ3) is 25.9. The van der Waals surface area contributed by atoms with Gasteiger partial charge < -0.3 is 0 Å². The van der Waals surface area contributed by atoms with Crippen molar-refractivity contribution in [2.45, 2.75) is 139 Å². The van der Waals surface area contributed by atoms with Crippen LogP contribution in [0.3, 0.4) is 0 Å². The topological polar surface area (TPSA) is 182 Å². The Morgan fingerprint density at radius 3 is 1.23 bits per heavy atom. The van der Waals surface area contributed by atoms with Gasteiger partial charge in [-0.25, -0.2) is 0 Å². The zero-order chi connectivity index (χ0) is 59.8. The Balaban J connectivity index is 0.000000497. The summed E-state index contributed by atoms with van der Waals surface area (Å²) >= 11 is -7.65. The van der Waals surface area contributed by atoms with Gasteiger partial charge in [-0.15, -0.1) is 0 Å². The summed E-state index contributed by atoms with van der Waals surface area (Å²) in [6.07, 6.45) is 7.96. The van der Waals surface area contributed by atoms with Crippen LogP contribution in [-0.2, 0) is 9.47 Å². The number of carbonyl (C=O) groups is 2. The van der Waals surface area contributed by atoms with Crippen LogP contribution in [0, 0.1) is 37.3 Å². The van der Waals surface area contributed by atoms with E-state index in [1.54, 1.807) is 53.0 Å². The molecule has 5 aromatic rings. The predicted molar refractivity (Wildman–Crippen MR) is 344 cm³/mol. The van der Waals surface area contributed by atoms with E-state index in [4.69, 9.17) is 4.74 Å². The van der Waals surface area contributed by atoms with Crippen molar-refractivity contribution in [2.24, 2.45) is 0 Å². The Bertz CT molecular complexity index is 2640. The first-order chi connectivity index (χ1) is 36.1. The fourth-order valence-electron chi connectivity index (χ4n) is 8.14. The molecule has 0 aliphatic carbocycles. The van der Waals surface area contributed by atoms with Crippen molar-refractivity contribution in [3.05, 3.63) is 161 Å². The molecule has 0 saturated heterocycles. The van der Waals surface area contributed by atoms with Gasteiger partial charge in [0, 0.05) is 0 Å². The van der Waals surface area contributed by atoms with E-state index in [0.717, 1.165) is 5.56 Å². The van der Waals surface area contributed by atoms with Crippen LogP contribution in [0.1, 0.15) is 85.6 Å². The molecule has 19 heteroatoms. The standard InChI is InChI=1S/2C8H7O2.C7H6NO2.C6H3BrNO2.C6H4NO2.3C4H9.12CH3.5Sn/c2*1-10-8(9)7-5-3-2-4-6-7;1-6-4-2-3-5-7(6)8(9)10;7-5-3-1-2-4-6(5)8(9)10;8-7(9)6-4-2-1-3-5-6;3*1-3-4-2;;;;;;;;;;;;;;;;;/h3-6H,1H3;2-3,5-6H,1H3;2,4-5H,1H3;1,3-4H;1-2,4-5H;3*1,3-4H2,2H3;12*1H3;;;;;. The molecule has 0 heterocycles. The zero-order valence-electron chi connectivity index (χ0n) is 50.1. The second-order valence-electron chi connectivity index (χ2n) is 23.7. The molecule has 0 N–H and O–H groups in total. The number of nitrogens with zero attached hydrogens (tertiary/aromatic N) is 3. The fraction of sp³-hybridized carbons (Fsp3) is 0.458. The average molecular weight is 1670 g/mol. The number of hydrogen-bond donors (Lipinski definition) is 0. The summed E-state index contributed by atoms with van der Waals surface area (Å²) < 4.78 is 21.0. The van der Waals surface area contributed by atoms with Gasteiger partial charge in [-0.2, -0.15) is 0 Å². The van der Waals surface area contributed by atoms with Crippen LogP contribution in [0.4, 0.5) is 17.1 Å². The fourth-order valence-corrected chi connectivity index (χ4v) is 37.8. The van der Waals surface area contributed by atoms with Gasteiger partial charge in [0.1, 0.15) is 0 Å². The molecule has 78 heavy (non-hydrogen) atoms. The van der Waals surface area contributed by atoms with Crippen molar-refractivity contribution >= 4 is 155 Å². The number of benzene rings is 5. The number of nitro benzene ring substituents is 3. The van der Waals surface area contributed by atoms with Crippen LogP contribution in [0.15, 0.2) is 114 Å². The second-order valence-corrected chi connectivity index (χ2v) is 95.8. The van der Waals surface area contributed by atoms with Crippen molar-refractivity contribution in [3.63, 3.8) is 0 Å². The van der Waals surface area contributed by atoms with E-state index in [2.05, 4.69) is 119 Å². The molecule has 0 spiro atoms.